The van der Waals surface area contributed by atoms with Crippen LogP contribution in [0.1, 0.15) is 69.4 Å². The van der Waals surface area contributed by atoms with Gasteiger partial charge in [0.05, 0.1) is 18.3 Å². The van der Waals surface area contributed by atoms with Crippen molar-refractivity contribution >= 4 is 0 Å². The van der Waals surface area contributed by atoms with Gasteiger partial charge in [0.2, 0.25) is 0 Å². The smallest absolute Gasteiger partial charge is 0.111 e. The van der Waals surface area contributed by atoms with Gasteiger partial charge in [0.25, 0.3) is 0 Å². The predicted octanol–water partition coefficient (Wildman–Crippen LogP) is 3.76. The maximum Gasteiger partial charge on any atom is 0.111 e. The Morgan fingerprint density at radius 1 is 1.20 bits per heavy atom. The fraction of sp³-hybridized carbons (Fsp3) is 0.625. The van der Waals surface area contributed by atoms with Crippen LogP contribution in [0.2, 0.25) is 0 Å². The molecule has 0 atom stereocenters. The van der Waals surface area contributed by atoms with Crippen molar-refractivity contribution < 1.29 is 0 Å². The molecule has 2 aromatic rings. The van der Waals surface area contributed by atoms with Crippen LogP contribution in [0.15, 0.2) is 24.7 Å². The van der Waals surface area contributed by atoms with Gasteiger partial charge in [-0.25, -0.2) is 4.98 Å². The quantitative estimate of drug-likeness (QED) is 0.849. The van der Waals surface area contributed by atoms with Gasteiger partial charge in [-0.2, -0.15) is 5.10 Å². The Morgan fingerprint density at radius 2 is 2.00 bits per heavy atom. The first-order chi connectivity index (χ1) is 9.74. The summed E-state index contributed by atoms with van der Waals surface area (Å²) in [5, 5.41) is 4.78. The summed E-state index contributed by atoms with van der Waals surface area (Å²) in [5.74, 6) is 1.59. The lowest BCUT2D eigenvalue weighted by molar-refractivity contribution is 0.328. The van der Waals surface area contributed by atoms with Gasteiger partial charge in [0.1, 0.15) is 5.82 Å². The first-order valence-corrected chi connectivity index (χ1v) is 7.79. The highest BCUT2D eigenvalue weighted by Gasteiger charge is 2.16. The molecule has 20 heavy (non-hydrogen) atoms. The van der Waals surface area contributed by atoms with E-state index in [-0.39, 0.29) is 0 Å². The van der Waals surface area contributed by atoms with Gasteiger partial charge in [-0.1, -0.05) is 33.1 Å². The molecule has 1 saturated carbocycles. The van der Waals surface area contributed by atoms with Crippen molar-refractivity contribution in [2.75, 3.05) is 0 Å². The molecular formula is C16H24N4. The van der Waals surface area contributed by atoms with Gasteiger partial charge in [0, 0.05) is 24.5 Å². The van der Waals surface area contributed by atoms with Gasteiger partial charge >= 0.3 is 0 Å². The Balaban J connectivity index is 1.72. The minimum Gasteiger partial charge on any atom is -0.329 e. The first-order valence-electron chi connectivity index (χ1n) is 7.79. The summed E-state index contributed by atoms with van der Waals surface area (Å²) in [6.07, 6.45) is 12.7. The molecule has 2 heterocycles. The number of rotatable bonds is 4. The van der Waals surface area contributed by atoms with Gasteiger partial charge in [-0.05, 0) is 18.9 Å². The van der Waals surface area contributed by atoms with Crippen molar-refractivity contribution in [1.82, 2.24) is 19.3 Å². The minimum atomic E-state index is 0.449. The van der Waals surface area contributed by atoms with Crippen molar-refractivity contribution in [3.05, 3.63) is 36.2 Å². The van der Waals surface area contributed by atoms with Crippen molar-refractivity contribution in [2.45, 2.75) is 64.5 Å². The monoisotopic (exact) mass is 272 g/mol. The summed E-state index contributed by atoms with van der Waals surface area (Å²) in [4.78, 5) is 4.44. The molecule has 0 N–H and O–H groups in total. The minimum absolute atomic E-state index is 0.449. The van der Waals surface area contributed by atoms with Crippen LogP contribution in [0, 0.1) is 0 Å². The van der Waals surface area contributed by atoms with Crippen molar-refractivity contribution in [1.29, 1.82) is 0 Å². The molecule has 0 bridgehead atoms. The van der Waals surface area contributed by atoms with E-state index >= 15 is 0 Å². The van der Waals surface area contributed by atoms with Crippen LogP contribution in [-0.2, 0) is 6.54 Å². The van der Waals surface area contributed by atoms with Gasteiger partial charge in [-0.3, -0.25) is 4.68 Å². The van der Waals surface area contributed by atoms with E-state index in [0.717, 1.165) is 18.1 Å². The zero-order chi connectivity index (χ0) is 13.9. The standard InChI is InChI=1S/C16H24N4/c1-13(2)16-17-9-11-19(16)12-14-8-10-20(18-14)15-6-4-3-5-7-15/h8-11,13,15H,3-7,12H2,1-2H3. The Morgan fingerprint density at radius 3 is 2.75 bits per heavy atom. The normalized spacial score (nSPS) is 16.9. The molecule has 4 nitrogen and oxygen atoms in total. The van der Waals surface area contributed by atoms with E-state index in [4.69, 9.17) is 5.10 Å². The van der Waals surface area contributed by atoms with E-state index in [1.807, 2.05) is 6.20 Å². The van der Waals surface area contributed by atoms with Crippen LogP contribution in [0.3, 0.4) is 0 Å². The summed E-state index contributed by atoms with van der Waals surface area (Å²) >= 11 is 0. The summed E-state index contributed by atoms with van der Waals surface area (Å²) in [5.41, 5.74) is 1.13. The number of hydrogen-bond donors (Lipinski definition) is 0. The molecule has 0 spiro atoms. The van der Waals surface area contributed by atoms with Crippen LogP contribution in [0.4, 0.5) is 0 Å². The lowest BCUT2D eigenvalue weighted by Crippen LogP contribution is -2.14. The molecule has 0 aromatic carbocycles. The predicted molar refractivity (Wildman–Crippen MR) is 79.8 cm³/mol. The molecule has 0 radical (unpaired) electrons. The van der Waals surface area contributed by atoms with Gasteiger partial charge in [0.15, 0.2) is 0 Å². The van der Waals surface area contributed by atoms with E-state index in [9.17, 15) is 0 Å². The summed E-state index contributed by atoms with van der Waals surface area (Å²) < 4.78 is 4.39. The lowest BCUT2D eigenvalue weighted by atomic mass is 9.96. The van der Waals surface area contributed by atoms with Crippen molar-refractivity contribution in [3.8, 4) is 0 Å². The molecule has 0 amide bonds. The average molecular weight is 272 g/mol. The fourth-order valence-electron chi connectivity index (χ4n) is 3.14. The van der Waals surface area contributed by atoms with Crippen molar-refractivity contribution in [3.63, 3.8) is 0 Å². The number of nitrogens with zero attached hydrogens (tertiary/aromatic N) is 4. The molecule has 3 rings (SSSR count). The summed E-state index contributed by atoms with van der Waals surface area (Å²) in [7, 11) is 0. The van der Waals surface area contributed by atoms with Crippen LogP contribution in [0.5, 0.6) is 0 Å². The van der Waals surface area contributed by atoms with Crippen molar-refractivity contribution in [2.24, 2.45) is 0 Å². The molecule has 0 saturated heterocycles. The van der Waals surface area contributed by atoms with Crippen LogP contribution in [0.25, 0.3) is 0 Å². The molecule has 0 unspecified atom stereocenters. The fourth-order valence-corrected chi connectivity index (χ4v) is 3.14. The van der Waals surface area contributed by atoms with Crippen LogP contribution >= 0.6 is 0 Å². The maximum atomic E-state index is 4.78. The molecule has 1 aliphatic rings. The topological polar surface area (TPSA) is 35.6 Å². The second kappa shape index (κ2) is 5.81. The zero-order valence-electron chi connectivity index (χ0n) is 12.5. The van der Waals surface area contributed by atoms with Gasteiger partial charge in [-0.15, -0.1) is 0 Å². The average Bonchev–Trinajstić information content (AvgIpc) is 3.09. The van der Waals surface area contributed by atoms with E-state index < -0.39 is 0 Å². The Kier molecular flexibility index (Phi) is 3.90. The summed E-state index contributed by atoms with van der Waals surface area (Å²) in [6.45, 7) is 5.19. The Hall–Kier alpha value is -1.58. The second-order valence-corrected chi connectivity index (χ2v) is 6.15. The van der Waals surface area contributed by atoms with Crippen LogP contribution < -0.4 is 0 Å². The second-order valence-electron chi connectivity index (χ2n) is 6.15. The maximum absolute atomic E-state index is 4.78. The third kappa shape index (κ3) is 2.79. The molecular weight excluding hydrogens is 248 g/mol. The molecule has 1 aliphatic carbocycles. The Bertz CT molecular complexity index is 546. The van der Waals surface area contributed by atoms with E-state index in [2.05, 4.69) is 46.5 Å². The van der Waals surface area contributed by atoms with E-state index in [1.54, 1.807) is 0 Å². The van der Waals surface area contributed by atoms with Gasteiger partial charge < -0.3 is 4.57 Å². The number of imidazole rings is 1. The number of hydrogen-bond acceptors (Lipinski definition) is 2. The molecule has 108 valence electrons. The SMILES string of the molecule is CC(C)c1nccn1Cc1ccn(C2CCCCC2)n1. The third-order valence-electron chi connectivity index (χ3n) is 4.21. The van der Waals surface area contributed by atoms with E-state index in [1.165, 1.54) is 32.1 Å². The first kappa shape index (κ1) is 13.4. The molecule has 0 aliphatic heterocycles. The Labute approximate surface area is 120 Å². The number of aromatic nitrogens is 4. The summed E-state index contributed by atoms with van der Waals surface area (Å²) in [6, 6.07) is 2.77. The van der Waals surface area contributed by atoms with Crippen LogP contribution in [-0.4, -0.2) is 19.3 Å². The highest BCUT2D eigenvalue weighted by Crippen LogP contribution is 2.27. The largest absolute Gasteiger partial charge is 0.329 e. The highest BCUT2D eigenvalue weighted by molar-refractivity contribution is 5.05. The highest BCUT2D eigenvalue weighted by atomic mass is 15.3. The lowest BCUT2D eigenvalue weighted by Gasteiger charge is -2.21. The molecule has 1 fully saturated rings. The van der Waals surface area contributed by atoms with E-state index in [0.29, 0.717) is 12.0 Å². The zero-order valence-corrected chi connectivity index (χ0v) is 12.5. The molecule has 2 aromatic heterocycles. The molecule has 4 heteroatoms. The third-order valence-corrected chi connectivity index (χ3v) is 4.21.